The Hall–Kier alpha value is -1.58. The molecular weight excluding hydrogens is 259 g/mol. The quantitative estimate of drug-likeness (QED) is 0.786. The Bertz CT molecular complexity index is 995. The first-order valence-corrected chi connectivity index (χ1v) is 6.67. The molecule has 2 aromatic rings. The molecule has 0 spiro atoms. The molecular formula is C18H21BO2. The number of hydrogen-bond donors (Lipinski definition) is 0. The molecule has 0 amide bonds. The van der Waals surface area contributed by atoms with Crippen LogP contribution < -0.4 is 5.46 Å². The molecule has 2 nitrogen and oxygen atoms in total. The van der Waals surface area contributed by atoms with E-state index >= 15 is 0 Å². The molecule has 0 unspecified atom stereocenters. The molecule has 0 bridgehead atoms. The van der Waals surface area contributed by atoms with Gasteiger partial charge in [0.2, 0.25) is 0 Å². The van der Waals surface area contributed by atoms with Crippen molar-refractivity contribution >= 4 is 12.6 Å². The first-order valence-electron chi connectivity index (χ1n) is 11.2. The Balaban J connectivity index is 2.30. The van der Waals surface area contributed by atoms with Crippen LogP contribution in [0.15, 0.2) is 54.4 Å². The minimum absolute atomic E-state index is 0.0974. The summed E-state index contributed by atoms with van der Waals surface area (Å²) in [6, 6.07) is -4.96. The maximum Gasteiger partial charge on any atom is 0.494 e. The molecule has 0 aromatic heterocycles. The standard InChI is InChI=1S/C18H21BO2/c1-17(2)18(3,4)21-19(20-17)16-12-10-15(11-13-16)14-8-6-5-7-9-14/h5-13H,1-4H3/i5D,6D,7D,8D,9D,10D,11D,12D,13D. The Kier molecular flexibility index (Phi) is 1.70. The average molecular weight is 289 g/mol. The normalized spacial score (nSPS) is 25.7. The van der Waals surface area contributed by atoms with E-state index in [2.05, 4.69) is 0 Å². The van der Waals surface area contributed by atoms with Gasteiger partial charge in [-0.25, -0.2) is 0 Å². The van der Waals surface area contributed by atoms with Gasteiger partial charge >= 0.3 is 7.12 Å². The van der Waals surface area contributed by atoms with Crippen LogP contribution >= 0.6 is 0 Å². The topological polar surface area (TPSA) is 18.5 Å². The second-order valence-electron chi connectivity index (χ2n) is 5.88. The fraction of sp³-hybridized carbons (Fsp3) is 0.333. The van der Waals surface area contributed by atoms with E-state index in [1.807, 2.05) is 0 Å². The molecule has 1 heterocycles. The fourth-order valence-corrected chi connectivity index (χ4v) is 1.90. The molecule has 1 aliphatic heterocycles. The second-order valence-corrected chi connectivity index (χ2v) is 5.88. The van der Waals surface area contributed by atoms with Crippen molar-refractivity contribution < 1.29 is 21.6 Å². The molecule has 0 atom stereocenters. The number of hydrogen-bond acceptors (Lipinski definition) is 2. The predicted molar refractivity (Wildman–Crippen MR) is 87.6 cm³/mol. The van der Waals surface area contributed by atoms with Crippen LogP contribution in [0.2, 0.25) is 0 Å². The van der Waals surface area contributed by atoms with Gasteiger partial charge in [-0.2, -0.15) is 0 Å². The van der Waals surface area contributed by atoms with Crippen LogP contribution in [0, 0.1) is 0 Å². The first kappa shape index (κ1) is 7.12. The monoisotopic (exact) mass is 289 g/mol. The number of rotatable bonds is 2. The molecule has 21 heavy (non-hydrogen) atoms. The lowest BCUT2D eigenvalue weighted by Gasteiger charge is -2.32. The van der Waals surface area contributed by atoms with Crippen LogP contribution in [0.25, 0.3) is 11.1 Å². The maximum absolute atomic E-state index is 8.43. The summed E-state index contributed by atoms with van der Waals surface area (Å²) in [6.45, 7) is 7.18. The summed E-state index contributed by atoms with van der Waals surface area (Å²) in [7, 11) is -1.14. The summed E-state index contributed by atoms with van der Waals surface area (Å²) in [5, 5.41) is 0. The van der Waals surface area contributed by atoms with E-state index in [0.29, 0.717) is 0 Å². The van der Waals surface area contributed by atoms with Gasteiger partial charge in [-0.3, -0.25) is 0 Å². The Morgan fingerprint density at radius 1 is 0.762 bits per heavy atom. The summed E-state index contributed by atoms with van der Waals surface area (Å²) >= 11 is 0. The summed E-state index contributed by atoms with van der Waals surface area (Å²) in [5.74, 6) is 0. The summed E-state index contributed by atoms with van der Waals surface area (Å²) in [4.78, 5) is 0. The van der Waals surface area contributed by atoms with Gasteiger partial charge in [-0.1, -0.05) is 54.4 Å². The van der Waals surface area contributed by atoms with Gasteiger partial charge in [0.15, 0.2) is 0 Å². The van der Waals surface area contributed by atoms with Crippen molar-refractivity contribution in [2.75, 3.05) is 0 Å². The van der Waals surface area contributed by atoms with Gasteiger partial charge in [-0.15, -0.1) is 0 Å². The lowest BCUT2D eigenvalue weighted by Crippen LogP contribution is -2.41. The summed E-state index contributed by atoms with van der Waals surface area (Å²) in [6.07, 6.45) is 0. The van der Waals surface area contributed by atoms with E-state index in [0.717, 1.165) is 0 Å². The molecule has 2 aromatic carbocycles. The third-order valence-electron chi connectivity index (χ3n) is 3.88. The minimum Gasteiger partial charge on any atom is -0.399 e. The average Bonchev–Trinajstić information content (AvgIpc) is 2.86. The lowest BCUT2D eigenvalue weighted by molar-refractivity contribution is 0.00578. The van der Waals surface area contributed by atoms with Gasteiger partial charge in [-0.05, 0) is 44.3 Å². The van der Waals surface area contributed by atoms with Crippen molar-refractivity contribution in [3.8, 4) is 11.1 Å². The van der Waals surface area contributed by atoms with E-state index in [1.54, 1.807) is 27.7 Å². The third kappa shape index (κ3) is 2.64. The summed E-state index contributed by atoms with van der Waals surface area (Å²) in [5.41, 5.74) is -2.35. The van der Waals surface area contributed by atoms with Crippen LogP contribution in [-0.4, -0.2) is 18.3 Å². The fourth-order valence-electron chi connectivity index (χ4n) is 1.90. The molecule has 1 fully saturated rings. The molecule has 3 rings (SSSR count). The van der Waals surface area contributed by atoms with Gasteiger partial charge in [0.1, 0.15) is 0 Å². The van der Waals surface area contributed by atoms with Crippen LogP contribution in [0.5, 0.6) is 0 Å². The van der Waals surface area contributed by atoms with Gasteiger partial charge in [0.05, 0.1) is 23.5 Å². The summed E-state index contributed by atoms with van der Waals surface area (Å²) < 4.78 is 85.1. The van der Waals surface area contributed by atoms with E-state index < -0.39 is 72.7 Å². The van der Waals surface area contributed by atoms with Crippen LogP contribution in [0.3, 0.4) is 0 Å². The number of benzene rings is 2. The van der Waals surface area contributed by atoms with Crippen molar-refractivity contribution in [3.63, 3.8) is 0 Å². The molecule has 0 radical (unpaired) electrons. The second kappa shape index (κ2) is 5.01. The smallest absolute Gasteiger partial charge is 0.399 e. The van der Waals surface area contributed by atoms with Crippen molar-refractivity contribution in [2.24, 2.45) is 0 Å². The molecule has 1 saturated heterocycles. The van der Waals surface area contributed by atoms with Gasteiger partial charge in [0, 0.05) is 0 Å². The molecule has 0 aliphatic carbocycles. The zero-order chi connectivity index (χ0) is 22.9. The predicted octanol–water partition coefficient (Wildman–Crippen LogP) is 3.65. The molecule has 108 valence electrons. The van der Waals surface area contributed by atoms with Gasteiger partial charge in [0.25, 0.3) is 0 Å². The Labute approximate surface area is 139 Å². The highest BCUT2D eigenvalue weighted by molar-refractivity contribution is 6.62. The SMILES string of the molecule is [2H]c1c([2H])c([2H])c(-c2c([2H])c([2H])c(B3OC(C)(C)C(C)(C)O3)c([2H])c2[2H])c([2H])c1[2H]. The lowest BCUT2D eigenvalue weighted by atomic mass is 9.78. The molecule has 0 saturated carbocycles. The zero-order valence-corrected chi connectivity index (χ0v) is 12.4. The van der Waals surface area contributed by atoms with Gasteiger partial charge < -0.3 is 9.31 Å². The molecule has 3 heteroatoms. The van der Waals surface area contributed by atoms with Crippen molar-refractivity contribution in [1.82, 2.24) is 0 Å². The van der Waals surface area contributed by atoms with Crippen LogP contribution in [-0.2, 0) is 9.31 Å². The maximum atomic E-state index is 8.43. The zero-order valence-electron chi connectivity index (χ0n) is 21.4. The van der Waals surface area contributed by atoms with Crippen molar-refractivity contribution in [1.29, 1.82) is 0 Å². The highest BCUT2D eigenvalue weighted by Gasteiger charge is 2.51. The Morgan fingerprint density at radius 2 is 1.24 bits per heavy atom. The largest absolute Gasteiger partial charge is 0.494 e. The van der Waals surface area contributed by atoms with Crippen molar-refractivity contribution in [2.45, 2.75) is 38.9 Å². The first-order chi connectivity index (χ1) is 13.6. The highest BCUT2D eigenvalue weighted by Crippen LogP contribution is 2.36. The van der Waals surface area contributed by atoms with Crippen molar-refractivity contribution in [3.05, 3.63) is 54.4 Å². The van der Waals surface area contributed by atoms with E-state index in [-0.39, 0.29) is 16.6 Å². The molecule has 1 aliphatic rings. The highest BCUT2D eigenvalue weighted by atomic mass is 16.7. The van der Waals surface area contributed by atoms with Crippen LogP contribution in [0.1, 0.15) is 40.0 Å². The molecule has 0 N–H and O–H groups in total. The Morgan fingerprint density at radius 3 is 1.76 bits per heavy atom. The minimum atomic E-state index is -1.14. The third-order valence-corrected chi connectivity index (χ3v) is 3.88. The van der Waals surface area contributed by atoms with E-state index in [1.165, 1.54) is 0 Å². The van der Waals surface area contributed by atoms with E-state index in [9.17, 15) is 0 Å². The van der Waals surface area contributed by atoms with Crippen LogP contribution in [0.4, 0.5) is 0 Å². The van der Waals surface area contributed by atoms with E-state index in [4.69, 9.17) is 21.6 Å².